The second kappa shape index (κ2) is 7.20. The summed E-state index contributed by atoms with van der Waals surface area (Å²) in [4.78, 5) is 26.2. The highest BCUT2D eigenvalue weighted by molar-refractivity contribution is 5.76. The Hall–Kier alpha value is -1.10. The molecule has 7 fully saturated rings. The van der Waals surface area contributed by atoms with Crippen molar-refractivity contribution in [3.63, 3.8) is 0 Å². The molecule has 6 unspecified atom stereocenters. The summed E-state index contributed by atoms with van der Waals surface area (Å²) in [6.45, 7) is 8.91. The van der Waals surface area contributed by atoms with E-state index in [1.165, 1.54) is 32.1 Å². The van der Waals surface area contributed by atoms with Crippen molar-refractivity contribution in [3.8, 4) is 0 Å². The Labute approximate surface area is 192 Å². The minimum Gasteiger partial charge on any atom is -0.465 e. The van der Waals surface area contributed by atoms with E-state index in [2.05, 4.69) is 6.92 Å². The molecule has 6 aliphatic carbocycles. The van der Waals surface area contributed by atoms with Gasteiger partial charge < -0.3 is 14.2 Å². The SMILES string of the molecule is CCC1(OC(=O)C2C3COC4C3CC2C4COC(=O)C(C)(C)C)C2CC3CC(C2)CC1C3. The average Bonchev–Trinajstić information content (AvgIpc) is 3.36. The summed E-state index contributed by atoms with van der Waals surface area (Å²) in [6.07, 6.45) is 8.53. The molecule has 7 rings (SSSR count). The molecule has 0 N–H and O–H groups in total. The standard InChI is InChI=1S/C27H40O5/c1-5-27(16-7-14-6-15(9-16)10-17(27)8-14)32-24(28)22-18-11-19-20(22)12-30-23(19)21(18)13-31-25(29)26(2,3)4/h14-23H,5-13H2,1-4H3. The van der Waals surface area contributed by atoms with Gasteiger partial charge in [-0.15, -0.1) is 0 Å². The van der Waals surface area contributed by atoms with Crippen LogP contribution in [0.15, 0.2) is 0 Å². The first-order chi connectivity index (χ1) is 15.2. The number of ether oxygens (including phenoxy) is 3. The van der Waals surface area contributed by atoms with Gasteiger partial charge in [0.1, 0.15) is 5.60 Å². The highest BCUT2D eigenvalue weighted by atomic mass is 16.6. The Morgan fingerprint density at radius 2 is 1.59 bits per heavy atom. The van der Waals surface area contributed by atoms with Crippen molar-refractivity contribution < 1.29 is 23.8 Å². The topological polar surface area (TPSA) is 61.8 Å². The fourth-order valence-electron chi connectivity index (χ4n) is 9.31. The van der Waals surface area contributed by atoms with Crippen molar-refractivity contribution in [2.75, 3.05) is 13.2 Å². The highest BCUT2D eigenvalue weighted by Crippen LogP contribution is 2.63. The van der Waals surface area contributed by atoms with E-state index in [9.17, 15) is 9.59 Å². The summed E-state index contributed by atoms with van der Waals surface area (Å²) in [5, 5.41) is 0. The van der Waals surface area contributed by atoms with Crippen LogP contribution < -0.4 is 0 Å². The maximum absolute atomic E-state index is 13.8. The maximum atomic E-state index is 13.8. The van der Waals surface area contributed by atoms with Crippen molar-refractivity contribution >= 4 is 11.9 Å². The van der Waals surface area contributed by atoms with Crippen LogP contribution in [0.4, 0.5) is 0 Å². The van der Waals surface area contributed by atoms with E-state index in [4.69, 9.17) is 14.2 Å². The average molecular weight is 445 g/mol. The highest BCUT2D eigenvalue weighted by Gasteiger charge is 2.66. The molecule has 1 aliphatic heterocycles. The molecule has 1 heterocycles. The van der Waals surface area contributed by atoms with Crippen LogP contribution in [0.25, 0.3) is 0 Å². The first-order valence-corrected chi connectivity index (χ1v) is 13.2. The molecule has 0 aromatic heterocycles. The Kier molecular flexibility index (Phi) is 4.82. The third-order valence-electron chi connectivity index (χ3n) is 10.5. The molecule has 178 valence electrons. The van der Waals surface area contributed by atoms with Crippen LogP contribution in [-0.2, 0) is 23.8 Å². The van der Waals surface area contributed by atoms with Gasteiger partial charge in [0.25, 0.3) is 0 Å². The monoisotopic (exact) mass is 444 g/mol. The van der Waals surface area contributed by atoms with Crippen LogP contribution >= 0.6 is 0 Å². The predicted octanol–water partition coefficient (Wildman–Crippen LogP) is 4.62. The molecular weight excluding hydrogens is 404 g/mol. The minimum atomic E-state index is -0.512. The second-order valence-corrected chi connectivity index (χ2v) is 13.1. The molecule has 0 spiro atoms. The van der Waals surface area contributed by atoms with Crippen LogP contribution in [0, 0.1) is 58.7 Å². The third kappa shape index (κ3) is 2.98. The van der Waals surface area contributed by atoms with Crippen LogP contribution in [0.1, 0.15) is 72.6 Å². The zero-order valence-electron chi connectivity index (χ0n) is 20.2. The van der Waals surface area contributed by atoms with Gasteiger partial charge >= 0.3 is 11.9 Å². The summed E-state index contributed by atoms with van der Waals surface area (Å²) in [7, 11) is 0. The van der Waals surface area contributed by atoms with Gasteiger partial charge in [0.05, 0.1) is 30.7 Å². The Morgan fingerprint density at radius 1 is 0.938 bits per heavy atom. The van der Waals surface area contributed by atoms with E-state index in [-0.39, 0.29) is 47.3 Å². The largest absolute Gasteiger partial charge is 0.465 e. The zero-order valence-corrected chi connectivity index (χ0v) is 20.2. The molecule has 6 bridgehead atoms. The third-order valence-corrected chi connectivity index (χ3v) is 10.5. The van der Waals surface area contributed by atoms with E-state index in [1.54, 1.807) is 0 Å². The predicted molar refractivity (Wildman–Crippen MR) is 118 cm³/mol. The van der Waals surface area contributed by atoms with Crippen LogP contribution in [-0.4, -0.2) is 36.9 Å². The van der Waals surface area contributed by atoms with Crippen molar-refractivity contribution in [1.82, 2.24) is 0 Å². The van der Waals surface area contributed by atoms with Crippen molar-refractivity contribution in [3.05, 3.63) is 0 Å². The van der Waals surface area contributed by atoms with Gasteiger partial charge in [0.15, 0.2) is 0 Å². The Balaban J connectivity index is 1.19. The molecule has 0 radical (unpaired) electrons. The van der Waals surface area contributed by atoms with E-state index in [0.29, 0.717) is 31.0 Å². The number of carbonyl (C=O) groups excluding carboxylic acids is 2. The Morgan fingerprint density at radius 3 is 2.19 bits per heavy atom. The van der Waals surface area contributed by atoms with Gasteiger partial charge in [0, 0.05) is 11.8 Å². The molecule has 6 atom stereocenters. The molecule has 7 aliphatic rings. The maximum Gasteiger partial charge on any atom is 0.311 e. The lowest BCUT2D eigenvalue weighted by Gasteiger charge is -2.60. The van der Waals surface area contributed by atoms with E-state index in [0.717, 1.165) is 24.7 Å². The lowest BCUT2D eigenvalue weighted by Crippen LogP contribution is -2.60. The molecule has 0 amide bonds. The van der Waals surface area contributed by atoms with Gasteiger partial charge in [-0.25, -0.2) is 0 Å². The normalized spacial score (nSPS) is 50.1. The molecule has 0 aromatic carbocycles. The first kappa shape index (κ1) is 21.4. The van der Waals surface area contributed by atoms with E-state index >= 15 is 0 Å². The van der Waals surface area contributed by atoms with Gasteiger partial charge in [-0.3, -0.25) is 9.59 Å². The van der Waals surface area contributed by atoms with Gasteiger partial charge in [0.2, 0.25) is 0 Å². The van der Waals surface area contributed by atoms with E-state index < -0.39 is 5.41 Å². The number of hydrogen-bond donors (Lipinski definition) is 0. The first-order valence-electron chi connectivity index (χ1n) is 13.2. The Bertz CT molecular complexity index is 768. The van der Waals surface area contributed by atoms with Gasteiger partial charge in [-0.05, 0) is 101 Å². The fraction of sp³-hybridized carbons (Fsp3) is 0.926. The van der Waals surface area contributed by atoms with Crippen molar-refractivity contribution in [2.45, 2.75) is 84.3 Å². The molecule has 5 heteroatoms. The smallest absolute Gasteiger partial charge is 0.311 e. The van der Waals surface area contributed by atoms with Crippen LogP contribution in [0.5, 0.6) is 0 Å². The number of fused-ring (bicyclic) bond motifs is 1. The lowest BCUT2D eigenvalue weighted by atomic mass is 9.49. The zero-order chi connectivity index (χ0) is 22.4. The molecule has 6 saturated carbocycles. The summed E-state index contributed by atoms with van der Waals surface area (Å²) in [5.41, 5.74) is -0.749. The van der Waals surface area contributed by atoms with Crippen molar-refractivity contribution in [1.29, 1.82) is 0 Å². The fourth-order valence-corrected chi connectivity index (χ4v) is 9.31. The summed E-state index contributed by atoms with van der Waals surface area (Å²) < 4.78 is 18.6. The number of esters is 2. The lowest BCUT2D eigenvalue weighted by molar-refractivity contribution is -0.217. The quantitative estimate of drug-likeness (QED) is 0.579. The molecule has 32 heavy (non-hydrogen) atoms. The molecular formula is C27H40O5. The minimum absolute atomic E-state index is 0.0351. The summed E-state index contributed by atoms with van der Waals surface area (Å²) >= 11 is 0. The summed E-state index contributed by atoms with van der Waals surface area (Å²) in [5.74, 6) is 3.68. The second-order valence-electron chi connectivity index (χ2n) is 13.1. The van der Waals surface area contributed by atoms with Gasteiger partial charge in [-0.2, -0.15) is 0 Å². The number of carbonyl (C=O) groups is 2. The van der Waals surface area contributed by atoms with Crippen LogP contribution in [0.2, 0.25) is 0 Å². The number of rotatable bonds is 5. The van der Waals surface area contributed by atoms with Gasteiger partial charge in [-0.1, -0.05) is 6.92 Å². The molecule has 1 saturated heterocycles. The molecule has 5 nitrogen and oxygen atoms in total. The molecule has 0 aromatic rings. The van der Waals surface area contributed by atoms with E-state index in [1.807, 2.05) is 20.8 Å². The van der Waals surface area contributed by atoms with Crippen LogP contribution in [0.3, 0.4) is 0 Å². The number of hydrogen-bond acceptors (Lipinski definition) is 5. The van der Waals surface area contributed by atoms with Crippen molar-refractivity contribution in [2.24, 2.45) is 58.7 Å². The summed E-state index contributed by atoms with van der Waals surface area (Å²) in [6, 6.07) is 0.